The van der Waals surface area contributed by atoms with Crippen LogP contribution in [-0.4, -0.2) is 40.9 Å². The quantitative estimate of drug-likeness (QED) is 0.663. The second kappa shape index (κ2) is 4.56. The lowest BCUT2D eigenvalue weighted by atomic mass is 10.1. The third kappa shape index (κ3) is 2.09. The second-order valence-corrected chi connectivity index (χ2v) is 6.84. The van der Waals surface area contributed by atoms with Crippen LogP contribution in [0.15, 0.2) is 5.03 Å². The maximum atomic E-state index is 11.6. The Balaban J connectivity index is 2.29. The molecule has 1 aliphatic rings. The van der Waals surface area contributed by atoms with E-state index in [1.54, 1.807) is 0 Å². The molecule has 0 radical (unpaired) electrons. The Morgan fingerprint density at radius 1 is 1.62 bits per heavy atom. The number of halogens is 1. The molecule has 1 aromatic rings. The van der Waals surface area contributed by atoms with Gasteiger partial charge in [-0.3, -0.25) is 5.10 Å². The van der Waals surface area contributed by atoms with Gasteiger partial charge in [-0.1, -0.05) is 0 Å². The lowest BCUT2D eigenvalue weighted by Gasteiger charge is -2.25. The molecular formula is C8H12ClN3O2S2. The molecule has 0 aliphatic carbocycles. The molecule has 0 spiro atoms. The average molecular weight is 282 g/mol. The van der Waals surface area contributed by atoms with Crippen LogP contribution < -0.4 is 0 Å². The summed E-state index contributed by atoms with van der Waals surface area (Å²) >= 11 is 6.96. The summed E-state index contributed by atoms with van der Waals surface area (Å²) in [6, 6.07) is 0. The maximum Gasteiger partial charge on any atom is 0.228 e. The molecule has 0 saturated carbocycles. The van der Waals surface area contributed by atoms with Gasteiger partial charge in [-0.05, 0) is 6.26 Å². The summed E-state index contributed by atoms with van der Waals surface area (Å²) < 4.78 is 24.7. The predicted octanol–water partition coefficient (Wildman–Crippen LogP) is 1.02. The van der Waals surface area contributed by atoms with E-state index < -0.39 is 10.0 Å². The van der Waals surface area contributed by atoms with Crippen LogP contribution in [0.5, 0.6) is 0 Å². The monoisotopic (exact) mass is 281 g/mol. The van der Waals surface area contributed by atoms with Gasteiger partial charge in [0.25, 0.3) is 0 Å². The third-order valence-corrected chi connectivity index (χ3v) is 5.51. The molecule has 0 amide bonds. The van der Waals surface area contributed by atoms with Crippen molar-refractivity contribution in [3.8, 4) is 0 Å². The van der Waals surface area contributed by atoms with E-state index in [1.807, 2.05) is 6.26 Å². The number of aromatic amines is 1. The summed E-state index contributed by atoms with van der Waals surface area (Å²) in [5.41, 5.74) is 2.01. The summed E-state index contributed by atoms with van der Waals surface area (Å²) in [5.74, 6) is 0. The maximum absolute atomic E-state index is 11.6. The van der Waals surface area contributed by atoms with Crippen LogP contribution in [0.2, 0.25) is 0 Å². The van der Waals surface area contributed by atoms with Gasteiger partial charge in [-0.2, -0.15) is 9.40 Å². The van der Waals surface area contributed by atoms with E-state index in [9.17, 15) is 8.42 Å². The number of fused-ring (bicyclic) bond motifs is 1. The summed E-state index contributed by atoms with van der Waals surface area (Å²) in [4.78, 5) is 0. The van der Waals surface area contributed by atoms with Crippen LogP contribution in [0, 0.1) is 0 Å². The number of aromatic nitrogens is 2. The lowest BCUT2D eigenvalue weighted by Crippen LogP contribution is -2.36. The van der Waals surface area contributed by atoms with E-state index in [1.165, 1.54) is 16.1 Å². The Morgan fingerprint density at radius 2 is 2.38 bits per heavy atom. The number of hydrogen-bond donors (Lipinski definition) is 1. The first kappa shape index (κ1) is 12.2. The smallest absolute Gasteiger partial charge is 0.228 e. The van der Waals surface area contributed by atoms with Gasteiger partial charge in [0.15, 0.2) is 0 Å². The van der Waals surface area contributed by atoms with Crippen molar-refractivity contribution in [3.05, 3.63) is 11.3 Å². The molecule has 90 valence electrons. The molecular weight excluding hydrogens is 270 g/mol. The van der Waals surface area contributed by atoms with E-state index in [0.29, 0.717) is 19.5 Å². The topological polar surface area (TPSA) is 66.1 Å². The van der Waals surface area contributed by atoms with Gasteiger partial charge >= 0.3 is 0 Å². The molecule has 1 N–H and O–H groups in total. The zero-order valence-corrected chi connectivity index (χ0v) is 11.1. The highest BCUT2D eigenvalue weighted by atomic mass is 35.5. The molecule has 0 bridgehead atoms. The molecule has 0 saturated heterocycles. The van der Waals surface area contributed by atoms with Crippen molar-refractivity contribution in [2.24, 2.45) is 0 Å². The van der Waals surface area contributed by atoms with Crippen LogP contribution in [-0.2, 0) is 23.0 Å². The number of H-pyrrole nitrogens is 1. The molecule has 2 heterocycles. The average Bonchev–Trinajstić information content (AvgIpc) is 2.70. The first-order chi connectivity index (χ1) is 7.58. The van der Waals surface area contributed by atoms with Crippen molar-refractivity contribution in [2.45, 2.75) is 18.0 Å². The van der Waals surface area contributed by atoms with Gasteiger partial charge in [0.2, 0.25) is 10.0 Å². The molecule has 2 rings (SSSR count). The number of hydrogen-bond acceptors (Lipinski definition) is 4. The Hall–Kier alpha value is -0.240. The van der Waals surface area contributed by atoms with E-state index >= 15 is 0 Å². The minimum atomic E-state index is -3.32. The molecule has 1 aliphatic heterocycles. The van der Waals surface area contributed by atoms with Gasteiger partial charge in [-0.25, -0.2) is 8.42 Å². The Morgan fingerprint density at radius 3 is 3.00 bits per heavy atom. The highest BCUT2D eigenvalue weighted by Crippen LogP contribution is 2.27. The van der Waals surface area contributed by atoms with Crippen molar-refractivity contribution in [3.63, 3.8) is 0 Å². The van der Waals surface area contributed by atoms with Crippen molar-refractivity contribution in [1.82, 2.24) is 14.5 Å². The molecule has 0 atom stereocenters. The highest BCUT2D eigenvalue weighted by Gasteiger charge is 2.28. The molecule has 0 fully saturated rings. The third-order valence-electron chi connectivity index (χ3n) is 2.59. The van der Waals surface area contributed by atoms with E-state index in [-0.39, 0.29) is 5.21 Å². The summed E-state index contributed by atoms with van der Waals surface area (Å²) in [6.45, 7) is 0.842. The minimum Gasteiger partial charge on any atom is -0.281 e. The molecule has 0 unspecified atom stereocenters. The van der Waals surface area contributed by atoms with Crippen LogP contribution in [0.1, 0.15) is 11.3 Å². The zero-order chi connectivity index (χ0) is 11.8. The second-order valence-electron chi connectivity index (χ2n) is 3.49. The Labute approximate surface area is 104 Å². The van der Waals surface area contributed by atoms with Gasteiger partial charge < -0.3 is 0 Å². The Kier molecular flexibility index (Phi) is 3.48. The number of sulfonamides is 1. The number of nitrogens with one attached hydrogen (secondary N) is 1. The van der Waals surface area contributed by atoms with E-state index in [2.05, 4.69) is 10.2 Å². The van der Waals surface area contributed by atoms with Crippen molar-refractivity contribution < 1.29 is 8.42 Å². The fraction of sp³-hybridized carbons (Fsp3) is 0.625. The normalized spacial score (nSPS) is 17.4. The molecule has 5 nitrogen and oxygen atoms in total. The number of alkyl halides is 1. The van der Waals surface area contributed by atoms with Gasteiger partial charge in [0.1, 0.15) is 10.2 Å². The number of thioether (sulfide) groups is 1. The van der Waals surface area contributed by atoms with Crippen molar-refractivity contribution in [1.29, 1.82) is 0 Å². The lowest BCUT2D eigenvalue weighted by molar-refractivity contribution is 0.390. The first-order valence-corrected chi connectivity index (χ1v) is 8.09. The van der Waals surface area contributed by atoms with Crippen LogP contribution in [0.3, 0.4) is 0 Å². The molecule has 8 heteroatoms. The van der Waals surface area contributed by atoms with Crippen molar-refractivity contribution in [2.75, 3.05) is 18.0 Å². The molecule has 1 aromatic heterocycles. The first-order valence-electron chi connectivity index (χ1n) is 4.72. The summed E-state index contributed by atoms with van der Waals surface area (Å²) in [5, 5.41) is 7.58. The van der Waals surface area contributed by atoms with Crippen LogP contribution in [0.25, 0.3) is 0 Å². The SMILES string of the molecule is CSc1n[nH]c2c1CN(S(=O)(=O)CCl)CC2. The largest absolute Gasteiger partial charge is 0.281 e. The van der Waals surface area contributed by atoms with Gasteiger partial charge in [0.05, 0.1) is 0 Å². The van der Waals surface area contributed by atoms with Gasteiger partial charge in [-0.15, -0.1) is 23.4 Å². The van der Waals surface area contributed by atoms with E-state index in [0.717, 1.165) is 16.3 Å². The minimum absolute atomic E-state index is 0.366. The number of nitrogens with zero attached hydrogens (tertiary/aromatic N) is 2. The fourth-order valence-electron chi connectivity index (χ4n) is 1.72. The van der Waals surface area contributed by atoms with E-state index in [4.69, 9.17) is 11.6 Å². The summed E-state index contributed by atoms with van der Waals surface area (Å²) in [7, 11) is -3.32. The summed E-state index contributed by atoms with van der Waals surface area (Å²) in [6.07, 6.45) is 2.59. The zero-order valence-electron chi connectivity index (χ0n) is 8.73. The Bertz CT molecular complexity index is 472. The van der Waals surface area contributed by atoms with Crippen LogP contribution >= 0.6 is 23.4 Å². The molecule has 0 aromatic carbocycles. The highest BCUT2D eigenvalue weighted by molar-refractivity contribution is 7.98. The standard InChI is InChI=1S/C8H12ClN3O2S2/c1-15-8-6-4-12(16(13,14)5-9)3-2-7(6)10-11-8/h2-5H2,1H3,(H,10,11). The number of rotatable bonds is 3. The fourth-order valence-corrected chi connectivity index (χ4v) is 3.54. The predicted molar refractivity (Wildman–Crippen MR) is 64.1 cm³/mol. The molecule has 16 heavy (non-hydrogen) atoms. The van der Waals surface area contributed by atoms with Crippen molar-refractivity contribution >= 4 is 33.4 Å². The van der Waals surface area contributed by atoms with Gasteiger partial charge in [0, 0.05) is 30.8 Å². The van der Waals surface area contributed by atoms with Crippen LogP contribution in [0.4, 0.5) is 0 Å².